The SMILES string of the molecule is O=C(CCc1cnn(-c2ccccc2)c1)NC(Cc1ccccc1)C(=O)NC1CC1. The fraction of sp³-hybridized carbons (Fsp3) is 0.292. The van der Waals surface area contributed by atoms with E-state index in [1.165, 1.54) is 0 Å². The van der Waals surface area contributed by atoms with Crippen molar-refractivity contribution in [3.05, 3.63) is 84.2 Å². The largest absolute Gasteiger partial charge is 0.352 e. The first-order valence-corrected chi connectivity index (χ1v) is 10.4. The number of carbonyl (C=O) groups is 2. The molecule has 0 radical (unpaired) electrons. The number of nitrogens with one attached hydrogen (secondary N) is 2. The van der Waals surface area contributed by atoms with Gasteiger partial charge in [-0.25, -0.2) is 4.68 Å². The first-order chi connectivity index (χ1) is 14.7. The number of nitrogens with zero attached hydrogens (tertiary/aromatic N) is 2. The van der Waals surface area contributed by atoms with Crippen LogP contribution >= 0.6 is 0 Å². The van der Waals surface area contributed by atoms with E-state index in [0.29, 0.717) is 19.3 Å². The highest BCUT2D eigenvalue weighted by Gasteiger charge is 2.28. The number of rotatable bonds is 9. The zero-order valence-electron chi connectivity index (χ0n) is 16.8. The van der Waals surface area contributed by atoms with Crippen LogP contribution in [0, 0.1) is 0 Å². The van der Waals surface area contributed by atoms with Gasteiger partial charge < -0.3 is 10.6 Å². The van der Waals surface area contributed by atoms with Gasteiger partial charge in [0.1, 0.15) is 6.04 Å². The average Bonchev–Trinajstić information content (AvgIpc) is 3.46. The van der Waals surface area contributed by atoms with Crippen LogP contribution in [0.4, 0.5) is 0 Å². The van der Waals surface area contributed by atoms with E-state index in [2.05, 4.69) is 15.7 Å². The van der Waals surface area contributed by atoms with Crippen molar-refractivity contribution in [2.45, 2.75) is 44.2 Å². The van der Waals surface area contributed by atoms with Crippen molar-refractivity contribution < 1.29 is 9.59 Å². The molecule has 154 valence electrons. The summed E-state index contributed by atoms with van der Waals surface area (Å²) in [5, 5.41) is 10.3. The van der Waals surface area contributed by atoms with E-state index in [0.717, 1.165) is 29.7 Å². The number of para-hydroxylation sites is 1. The summed E-state index contributed by atoms with van der Waals surface area (Å²) < 4.78 is 1.80. The highest BCUT2D eigenvalue weighted by Crippen LogP contribution is 2.19. The summed E-state index contributed by atoms with van der Waals surface area (Å²) in [4.78, 5) is 25.2. The number of benzene rings is 2. The number of amides is 2. The van der Waals surface area contributed by atoms with Gasteiger partial charge in [0, 0.05) is 25.1 Å². The molecule has 1 unspecified atom stereocenters. The monoisotopic (exact) mass is 402 g/mol. The Labute approximate surface area is 176 Å². The zero-order valence-corrected chi connectivity index (χ0v) is 16.8. The Kier molecular flexibility index (Phi) is 6.23. The lowest BCUT2D eigenvalue weighted by atomic mass is 10.0. The van der Waals surface area contributed by atoms with E-state index in [1.54, 1.807) is 10.9 Å². The minimum absolute atomic E-state index is 0.105. The Morgan fingerprint density at radius 1 is 1.00 bits per heavy atom. The number of hydrogen-bond donors (Lipinski definition) is 2. The van der Waals surface area contributed by atoms with E-state index in [1.807, 2.05) is 66.9 Å². The summed E-state index contributed by atoms with van der Waals surface area (Å²) in [6.07, 6.45) is 7.11. The molecule has 0 bridgehead atoms. The lowest BCUT2D eigenvalue weighted by Crippen LogP contribution is -2.48. The smallest absolute Gasteiger partial charge is 0.243 e. The standard InChI is InChI=1S/C24H26N4O2/c29-23(14-11-19-16-25-28(17-19)21-9-5-2-6-10-21)27-22(24(30)26-20-12-13-20)15-18-7-3-1-4-8-18/h1-10,16-17,20,22H,11-15H2,(H,26,30)(H,27,29). The van der Waals surface area contributed by atoms with Gasteiger partial charge in [-0.1, -0.05) is 48.5 Å². The van der Waals surface area contributed by atoms with Crippen LogP contribution in [-0.4, -0.2) is 33.7 Å². The molecule has 1 aliphatic carbocycles. The molecule has 2 N–H and O–H groups in total. The molecule has 0 aliphatic heterocycles. The van der Waals surface area contributed by atoms with Crippen LogP contribution in [0.3, 0.4) is 0 Å². The quantitative estimate of drug-likeness (QED) is 0.578. The molecule has 1 heterocycles. The minimum atomic E-state index is -0.562. The van der Waals surface area contributed by atoms with Crippen LogP contribution in [0.1, 0.15) is 30.4 Å². The Hall–Kier alpha value is -3.41. The van der Waals surface area contributed by atoms with Crippen LogP contribution in [0.25, 0.3) is 5.69 Å². The molecule has 2 aromatic carbocycles. The average molecular weight is 402 g/mol. The van der Waals surface area contributed by atoms with Gasteiger partial charge in [0.15, 0.2) is 0 Å². The highest BCUT2D eigenvalue weighted by molar-refractivity contribution is 5.88. The van der Waals surface area contributed by atoms with Crippen LogP contribution in [0.2, 0.25) is 0 Å². The van der Waals surface area contributed by atoms with Crippen molar-refractivity contribution >= 4 is 11.8 Å². The molecule has 30 heavy (non-hydrogen) atoms. The fourth-order valence-electron chi connectivity index (χ4n) is 3.32. The van der Waals surface area contributed by atoms with Crippen molar-refractivity contribution in [2.24, 2.45) is 0 Å². The second kappa shape index (κ2) is 9.39. The Bertz CT molecular complexity index is 981. The summed E-state index contributed by atoms with van der Waals surface area (Å²) in [6.45, 7) is 0. The molecular weight excluding hydrogens is 376 g/mol. The lowest BCUT2D eigenvalue weighted by Gasteiger charge is -2.18. The second-order valence-corrected chi connectivity index (χ2v) is 7.72. The predicted octanol–water partition coefficient (Wildman–Crippen LogP) is 2.81. The normalized spacial score (nSPS) is 14.1. The third kappa shape index (κ3) is 5.56. The van der Waals surface area contributed by atoms with E-state index < -0.39 is 6.04 Å². The van der Waals surface area contributed by atoms with Crippen molar-refractivity contribution in [3.63, 3.8) is 0 Å². The topological polar surface area (TPSA) is 76.0 Å². The third-order valence-corrected chi connectivity index (χ3v) is 5.16. The van der Waals surface area contributed by atoms with E-state index in [9.17, 15) is 9.59 Å². The van der Waals surface area contributed by atoms with Gasteiger partial charge in [-0.3, -0.25) is 9.59 Å². The third-order valence-electron chi connectivity index (χ3n) is 5.16. The Balaban J connectivity index is 1.34. The van der Waals surface area contributed by atoms with Crippen LogP contribution in [0.5, 0.6) is 0 Å². The molecule has 6 nitrogen and oxygen atoms in total. The van der Waals surface area contributed by atoms with Crippen LogP contribution < -0.4 is 10.6 Å². The van der Waals surface area contributed by atoms with Gasteiger partial charge in [0.2, 0.25) is 11.8 Å². The summed E-state index contributed by atoms with van der Waals surface area (Å²) in [7, 11) is 0. The van der Waals surface area contributed by atoms with Crippen molar-refractivity contribution in [1.82, 2.24) is 20.4 Å². The molecule has 1 saturated carbocycles. The minimum Gasteiger partial charge on any atom is -0.352 e. The maximum Gasteiger partial charge on any atom is 0.243 e. The van der Waals surface area contributed by atoms with Crippen molar-refractivity contribution in [1.29, 1.82) is 0 Å². The molecule has 1 fully saturated rings. The van der Waals surface area contributed by atoms with Crippen LogP contribution in [0.15, 0.2) is 73.1 Å². The van der Waals surface area contributed by atoms with E-state index in [-0.39, 0.29) is 17.9 Å². The second-order valence-electron chi connectivity index (χ2n) is 7.72. The lowest BCUT2D eigenvalue weighted by molar-refractivity contribution is -0.129. The van der Waals surface area contributed by atoms with Gasteiger partial charge in [-0.2, -0.15) is 5.10 Å². The molecule has 6 heteroatoms. The molecule has 1 aliphatic rings. The zero-order chi connectivity index (χ0) is 20.8. The van der Waals surface area contributed by atoms with E-state index in [4.69, 9.17) is 0 Å². The summed E-state index contributed by atoms with van der Waals surface area (Å²) >= 11 is 0. The number of hydrogen-bond acceptors (Lipinski definition) is 3. The maximum absolute atomic E-state index is 12.6. The molecule has 3 aromatic rings. The number of aromatic nitrogens is 2. The Morgan fingerprint density at radius 3 is 2.40 bits per heavy atom. The summed E-state index contributed by atoms with van der Waals surface area (Å²) in [6, 6.07) is 19.3. The number of carbonyl (C=O) groups excluding carboxylic acids is 2. The number of aryl methyl sites for hydroxylation is 1. The summed E-state index contributed by atoms with van der Waals surface area (Å²) in [5.74, 6) is -0.235. The van der Waals surface area contributed by atoms with Gasteiger partial charge in [0.05, 0.1) is 11.9 Å². The maximum atomic E-state index is 12.6. The molecule has 0 spiro atoms. The molecule has 0 saturated heterocycles. The van der Waals surface area contributed by atoms with Crippen molar-refractivity contribution in [3.8, 4) is 5.69 Å². The Morgan fingerprint density at radius 2 is 1.70 bits per heavy atom. The molecular formula is C24H26N4O2. The first kappa shape index (κ1) is 19.9. The van der Waals surface area contributed by atoms with E-state index >= 15 is 0 Å². The van der Waals surface area contributed by atoms with Gasteiger partial charge in [0.25, 0.3) is 0 Å². The summed E-state index contributed by atoms with van der Waals surface area (Å²) in [5.41, 5.74) is 2.99. The van der Waals surface area contributed by atoms with Crippen molar-refractivity contribution in [2.75, 3.05) is 0 Å². The predicted molar refractivity (Wildman–Crippen MR) is 115 cm³/mol. The van der Waals surface area contributed by atoms with Gasteiger partial charge >= 0.3 is 0 Å². The molecule has 4 rings (SSSR count). The fourth-order valence-corrected chi connectivity index (χ4v) is 3.32. The molecule has 1 atom stereocenters. The van der Waals surface area contributed by atoms with Gasteiger partial charge in [-0.15, -0.1) is 0 Å². The van der Waals surface area contributed by atoms with Gasteiger partial charge in [-0.05, 0) is 42.5 Å². The first-order valence-electron chi connectivity index (χ1n) is 10.4. The highest BCUT2D eigenvalue weighted by atomic mass is 16.2. The van der Waals surface area contributed by atoms with Crippen LogP contribution in [-0.2, 0) is 22.4 Å². The molecule has 1 aromatic heterocycles. The molecule has 2 amide bonds.